The summed E-state index contributed by atoms with van der Waals surface area (Å²) < 4.78 is 11.6. The first-order chi connectivity index (χ1) is 9.19. The Kier molecular flexibility index (Phi) is 5.23. The van der Waals surface area contributed by atoms with Gasteiger partial charge in [0.1, 0.15) is 12.4 Å². The summed E-state index contributed by atoms with van der Waals surface area (Å²) in [6.45, 7) is 8.04. The van der Waals surface area contributed by atoms with Crippen LogP contribution >= 0.6 is 0 Å². The van der Waals surface area contributed by atoms with Crippen molar-refractivity contribution in [1.82, 2.24) is 5.32 Å². The fraction of sp³-hybridized carbons (Fsp3) is 0.625. The molecule has 1 N–H and O–H groups in total. The molecule has 0 aliphatic carbocycles. The third kappa shape index (κ3) is 4.22. The largest absolute Gasteiger partial charge is 0.491 e. The minimum atomic E-state index is 0.254. The molecule has 1 aromatic carbocycles. The standard InChI is InChI=1S/C16H25NO2/c1-4-17-13(3)14-6-5-7-15(10-14)18-11-16-9-8-12(2)19-16/h5-7,10,12-13,16-17H,4,8-9,11H2,1-3H3. The molecular formula is C16H25NO2. The first-order valence-electron chi connectivity index (χ1n) is 7.30. The Morgan fingerprint density at radius 2 is 2.26 bits per heavy atom. The van der Waals surface area contributed by atoms with Crippen LogP contribution < -0.4 is 10.1 Å². The Labute approximate surface area is 116 Å². The average molecular weight is 263 g/mol. The molecule has 1 aliphatic rings. The molecule has 19 heavy (non-hydrogen) atoms. The molecule has 3 atom stereocenters. The summed E-state index contributed by atoms with van der Waals surface area (Å²) in [5.74, 6) is 0.936. The molecule has 1 heterocycles. The molecule has 0 aromatic heterocycles. The van der Waals surface area contributed by atoms with E-state index in [0.29, 0.717) is 18.8 Å². The molecule has 1 aliphatic heterocycles. The molecule has 0 amide bonds. The van der Waals surface area contributed by atoms with Crippen LogP contribution in [0.5, 0.6) is 5.75 Å². The fourth-order valence-electron chi connectivity index (χ4n) is 2.49. The van der Waals surface area contributed by atoms with Crippen LogP contribution in [0.15, 0.2) is 24.3 Å². The molecule has 3 heteroatoms. The highest BCUT2D eigenvalue weighted by Crippen LogP contribution is 2.22. The highest BCUT2D eigenvalue weighted by atomic mass is 16.5. The molecule has 3 unspecified atom stereocenters. The van der Waals surface area contributed by atoms with Crippen molar-refractivity contribution < 1.29 is 9.47 Å². The van der Waals surface area contributed by atoms with Gasteiger partial charge in [0.25, 0.3) is 0 Å². The second-order valence-corrected chi connectivity index (χ2v) is 5.31. The Hall–Kier alpha value is -1.06. The van der Waals surface area contributed by atoms with Gasteiger partial charge in [-0.3, -0.25) is 0 Å². The fourth-order valence-corrected chi connectivity index (χ4v) is 2.49. The summed E-state index contributed by atoms with van der Waals surface area (Å²) in [4.78, 5) is 0. The first kappa shape index (κ1) is 14.4. The van der Waals surface area contributed by atoms with E-state index in [-0.39, 0.29) is 6.10 Å². The summed E-state index contributed by atoms with van der Waals surface area (Å²) in [6.07, 6.45) is 2.89. The molecule has 3 nitrogen and oxygen atoms in total. The zero-order valence-electron chi connectivity index (χ0n) is 12.2. The summed E-state index contributed by atoms with van der Waals surface area (Å²) in [5, 5.41) is 3.41. The van der Waals surface area contributed by atoms with E-state index in [9.17, 15) is 0 Å². The van der Waals surface area contributed by atoms with Gasteiger partial charge in [0.2, 0.25) is 0 Å². The Morgan fingerprint density at radius 1 is 1.42 bits per heavy atom. The van der Waals surface area contributed by atoms with E-state index in [1.165, 1.54) is 5.56 Å². The molecule has 1 aromatic rings. The number of hydrogen-bond acceptors (Lipinski definition) is 3. The van der Waals surface area contributed by atoms with Crippen molar-refractivity contribution in [2.45, 2.75) is 51.9 Å². The van der Waals surface area contributed by atoms with Gasteiger partial charge in [0, 0.05) is 6.04 Å². The van der Waals surface area contributed by atoms with Crippen molar-refractivity contribution in [3.63, 3.8) is 0 Å². The molecular weight excluding hydrogens is 238 g/mol. The van der Waals surface area contributed by atoms with Crippen LogP contribution in [0.4, 0.5) is 0 Å². The predicted molar refractivity (Wildman–Crippen MR) is 77.6 cm³/mol. The quantitative estimate of drug-likeness (QED) is 0.854. The third-order valence-electron chi connectivity index (χ3n) is 3.62. The van der Waals surface area contributed by atoms with E-state index < -0.39 is 0 Å². The van der Waals surface area contributed by atoms with Crippen molar-refractivity contribution in [2.75, 3.05) is 13.2 Å². The van der Waals surface area contributed by atoms with Gasteiger partial charge in [0.05, 0.1) is 12.2 Å². The summed E-state index contributed by atoms with van der Waals surface area (Å²) in [7, 11) is 0. The average Bonchev–Trinajstić information content (AvgIpc) is 2.83. The molecule has 1 fully saturated rings. The maximum absolute atomic E-state index is 5.85. The molecule has 0 bridgehead atoms. The van der Waals surface area contributed by atoms with E-state index in [1.807, 2.05) is 6.07 Å². The summed E-state index contributed by atoms with van der Waals surface area (Å²) in [5.41, 5.74) is 1.26. The zero-order valence-corrected chi connectivity index (χ0v) is 12.2. The Bertz CT molecular complexity index is 394. The van der Waals surface area contributed by atoms with Crippen LogP contribution in [0.2, 0.25) is 0 Å². The van der Waals surface area contributed by atoms with Gasteiger partial charge in [-0.15, -0.1) is 0 Å². The smallest absolute Gasteiger partial charge is 0.119 e. The van der Waals surface area contributed by atoms with Gasteiger partial charge < -0.3 is 14.8 Å². The van der Waals surface area contributed by atoms with E-state index in [2.05, 4.69) is 44.3 Å². The number of nitrogens with one attached hydrogen (secondary N) is 1. The molecule has 1 saturated heterocycles. The molecule has 0 saturated carbocycles. The van der Waals surface area contributed by atoms with Crippen molar-refractivity contribution in [3.05, 3.63) is 29.8 Å². The Morgan fingerprint density at radius 3 is 2.95 bits per heavy atom. The lowest BCUT2D eigenvalue weighted by Crippen LogP contribution is -2.19. The van der Waals surface area contributed by atoms with Crippen LogP contribution in [0, 0.1) is 0 Å². The van der Waals surface area contributed by atoms with Crippen molar-refractivity contribution in [2.24, 2.45) is 0 Å². The second-order valence-electron chi connectivity index (χ2n) is 5.31. The molecule has 0 spiro atoms. The lowest BCUT2D eigenvalue weighted by molar-refractivity contribution is 0.0264. The summed E-state index contributed by atoms with van der Waals surface area (Å²) in [6, 6.07) is 8.67. The van der Waals surface area contributed by atoms with Crippen molar-refractivity contribution in [3.8, 4) is 5.75 Å². The first-order valence-corrected chi connectivity index (χ1v) is 7.30. The maximum Gasteiger partial charge on any atom is 0.119 e. The van der Waals surface area contributed by atoms with Crippen LogP contribution in [-0.2, 0) is 4.74 Å². The summed E-state index contributed by atoms with van der Waals surface area (Å²) >= 11 is 0. The number of benzene rings is 1. The van der Waals surface area contributed by atoms with E-state index in [4.69, 9.17) is 9.47 Å². The van der Waals surface area contributed by atoms with Crippen molar-refractivity contribution >= 4 is 0 Å². The van der Waals surface area contributed by atoms with Gasteiger partial charge >= 0.3 is 0 Å². The van der Waals surface area contributed by atoms with E-state index in [0.717, 1.165) is 25.1 Å². The van der Waals surface area contributed by atoms with Crippen LogP contribution in [0.25, 0.3) is 0 Å². The molecule has 106 valence electrons. The van der Waals surface area contributed by atoms with Gasteiger partial charge in [-0.25, -0.2) is 0 Å². The highest BCUT2D eigenvalue weighted by molar-refractivity contribution is 5.30. The van der Waals surface area contributed by atoms with Crippen LogP contribution in [0.1, 0.15) is 45.2 Å². The third-order valence-corrected chi connectivity index (χ3v) is 3.62. The number of hydrogen-bond donors (Lipinski definition) is 1. The van der Waals surface area contributed by atoms with Crippen LogP contribution in [0.3, 0.4) is 0 Å². The lowest BCUT2D eigenvalue weighted by Gasteiger charge is -2.16. The maximum atomic E-state index is 5.85. The van der Waals surface area contributed by atoms with E-state index >= 15 is 0 Å². The van der Waals surface area contributed by atoms with Gasteiger partial charge in [0.15, 0.2) is 0 Å². The van der Waals surface area contributed by atoms with Gasteiger partial charge in [-0.2, -0.15) is 0 Å². The van der Waals surface area contributed by atoms with Gasteiger partial charge in [-0.1, -0.05) is 19.1 Å². The minimum absolute atomic E-state index is 0.254. The molecule has 2 rings (SSSR count). The Balaban J connectivity index is 1.88. The molecule has 0 radical (unpaired) electrons. The number of rotatable bonds is 6. The zero-order chi connectivity index (χ0) is 13.7. The second kappa shape index (κ2) is 6.92. The topological polar surface area (TPSA) is 30.5 Å². The number of ether oxygens (including phenoxy) is 2. The lowest BCUT2D eigenvalue weighted by atomic mass is 10.1. The minimum Gasteiger partial charge on any atom is -0.491 e. The highest BCUT2D eigenvalue weighted by Gasteiger charge is 2.22. The predicted octanol–water partition coefficient (Wildman–Crippen LogP) is 3.30. The SMILES string of the molecule is CCNC(C)c1cccc(OCC2CCC(C)O2)c1. The van der Waals surface area contributed by atoms with E-state index in [1.54, 1.807) is 0 Å². The van der Waals surface area contributed by atoms with Gasteiger partial charge in [-0.05, 0) is 50.9 Å². The van der Waals surface area contributed by atoms with Crippen molar-refractivity contribution in [1.29, 1.82) is 0 Å². The monoisotopic (exact) mass is 263 g/mol. The van der Waals surface area contributed by atoms with Crippen LogP contribution in [-0.4, -0.2) is 25.4 Å². The normalized spacial score (nSPS) is 24.4.